The Morgan fingerprint density at radius 2 is 2.12 bits per heavy atom. The summed E-state index contributed by atoms with van der Waals surface area (Å²) in [4.78, 5) is 4.29. The number of aromatic nitrogens is 1. The summed E-state index contributed by atoms with van der Waals surface area (Å²) in [6.07, 6.45) is 5.51. The summed E-state index contributed by atoms with van der Waals surface area (Å²) in [5.41, 5.74) is 1.14. The average molecular weight is 222 g/mol. The summed E-state index contributed by atoms with van der Waals surface area (Å²) < 4.78 is 5.56. The van der Waals surface area contributed by atoms with Crippen LogP contribution in [0, 0.1) is 0 Å². The van der Waals surface area contributed by atoms with E-state index in [9.17, 15) is 0 Å². The van der Waals surface area contributed by atoms with Gasteiger partial charge in [-0.05, 0) is 25.0 Å². The Hall–Kier alpha value is -1.09. The second-order valence-electron chi connectivity index (χ2n) is 3.84. The van der Waals surface area contributed by atoms with Crippen molar-refractivity contribution in [3.63, 3.8) is 0 Å². The Kier molecular flexibility index (Phi) is 6.58. The van der Waals surface area contributed by atoms with E-state index in [1.165, 1.54) is 12.8 Å². The van der Waals surface area contributed by atoms with Gasteiger partial charge in [0.15, 0.2) is 0 Å². The molecule has 1 aromatic rings. The van der Waals surface area contributed by atoms with Crippen LogP contribution in [-0.2, 0) is 11.3 Å². The number of hydrogen-bond acceptors (Lipinski definition) is 3. The van der Waals surface area contributed by atoms with Crippen molar-refractivity contribution in [3.8, 4) is 0 Å². The van der Waals surface area contributed by atoms with Crippen LogP contribution in [0.25, 0.3) is 0 Å². The maximum absolute atomic E-state index is 5.56. The lowest BCUT2D eigenvalue weighted by molar-refractivity contribution is 0.117. The second-order valence-corrected chi connectivity index (χ2v) is 3.84. The first kappa shape index (κ1) is 13.0. The largest absolute Gasteiger partial charge is 0.377 e. The number of anilines is 1. The SMILES string of the molecule is CCCCCOCc1ccc(NCC)nc1. The van der Waals surface area contributed by atoms with Gasteiger partial charge in [-0.25, -0.2) is 4.98 Å². The Morgan fingerprint density at radius 3 is 2.75 bits per heavy atom. The third kappa shape index (κ3) is 5.12. The molecule has 3 nitrogen and oxygen atoms in total. The molecule has 0 bridgehead atoms. The molecule has 3 heteroatoms. The lowest BCUT2D eigenvalue weighted by atomic mass is 10.2. The van der Waals surface area contributed by atoms with Gasteiger partial charge in [-0.2, -0.15) is 0 Å². The average Bonchev–Trinajstić information content (AvgIpc) is 2.31. The zero-order valence-corrected chi connectivity index (χ0v) is 10.3. The van der Waals surface area contributed by atoms with Gasteiger partial charge in [0.05, 0.1) is 6.61 Å². The highest BCUT2D eigenvalue weighted by Gasteiger charge is 1.95. The van der Waals surface area contributed by atoms with Gasteiger partial charge in [0.2, 0.25) is 0 Å². The number of nitrogens with one attached hydrogen (secondary N) is 1. The molecule has 1 N–H and O–H groups in total. The van der Waals surface area contributed by atoms with Crippen LogP contribution in [0.1, 0.15) is 38.7 Å². The number of nitrogens with zero attached hydrogens (tertiary/aromatic N) is 1. The normalized spacial score (nSPS) is 10.4. The molecular weight excluding hydrogens is 200 g/mol. The van der Waals surface area contributed by atoms with Gasteiger partial charge in [0, 0.05) is 19.3 Å². The van der Waals surface area contributed by atoms with Crippen molar-refractivity contribution in [1.82, 2.24) is 4.98 Å². The van der Waals surface area contributed by atoms with E-state index in [1.807, 2.05) is 12.3 Å². The quantitative estimate of drug-likeness (QED) is 0.686. The first-order valence-electron chi connectivity index (χ1n) is 6.13. The van der Waals surface area contributed by atoms with Crippen molar-refractivity contribution in [2.24, 2.45) is 0 Å². The number of rotatable bonds is 8. The van der Waals surface area contributed by atoms with Gasteiger partial charge in [0.1, 0.15) is 5.82 Å². The molecular formula is C13H22N2O. The van der Waals surface area contributed by atoms with Crippen LogP contribution in [0.3, 0.4) is 0 Å². The van der Waals surface area contributed by atoms with Crippen LogP contribution in [-0.4, -0.2) is 18.1 Å². The highest BCUT2D eigenvalue weighted by atomic mass is 16.5. The van der Waals surface area contributed by atoms with Gasteiger partial charge in [-0.15, -0.1) is 0 Å². The van der Waals surface area contributed by atoms with Crippen LogP contribution in [0.15, 0.2) is 18.3 Å². The van der Waals surface area contributed by atoms with Gasteiger partial charge in [-0.1, -0.05) is 25.8 Å². The highest BCUT2D eigenvalue weighted by molar-refractivity contribution is 5.34. The minimum Gasteiger partial charge on any atom is -0.377 e. The molecule has 0 radical (unpaired) electrons. The summed E-state index contributed by atoms with van der Waals surface area (Å²) in [6.45, 7) is 6.68. The Balaban J connectivity index is 2.21. The zero-order valence-electron chi connectivity index (χ0n) is 10.3. The molecule has 1 rings (SSSR count). The van der Waals surface area contributed by atoms with Crippen LogP contribution in [0.2, 0.25) is 0 Å². The first-order chi connectivity index (χ1) is 7.86. The maximum Gasteiger partial charge on any atom is 0.125 e. The van der Waals surface area contributed by atoms with E-state index in [2.05, 4.69) is 30.2 Å². The molecule has 0 aliphatic rings. The lowest BCUT2D eigenvalue weighted by Gasteiger charge is -2.05. The fraction of sp³-hybridized carbons (Fsp3) is 0.615. The molecule has 0 amide bonds. The van der Waals surface area contributed by atoms with E-state index in [0.717, 1.165) is 31.0 Å². The van der Waals surface area contributed by atoms with E-state index in [1.54, 1.807) is 0 Å². The van der Waals surface area contributed by atoms with Crippen LogP contribution in [0.4, 0.5) is 5.82 Å². The van der Waals surface area contributed by atoms with Crippen molar-refractivity contribution in [2.45, 2.75) is 39.7 Å². The van der Waals surface area contributed by atoms with E-state index in [4.69, 9.17) is 4.74 Å². The molecule has 90 valence electrons. The van der Waals surface area contributed by atoms with E-state index >= 15 is 0 Å². The molecule has 0 aliphatic carbocycles. The van der Waals surface area contributed by atoms with Gasteiger partial charge < -0.3 is 10.1 Å². The van der Waals surface area contributed by atoms with E-state index in [0.29, 0.717) is 6.61 Å². The predicted octanol–water partition coefficient (Wildman–Crippen LogP) is 3.22. The third-order valence-electron chi connectivity index (χ3n) is 2.34. The van der Waals surface area contributed by atoms with Crippen LogP contribution >= 0.6 is 0 Å². The lowest BCUT2D eigenvalue weighted by Crippen LogP contribution is -2.00. The summed E-state index contributed by atoms with van der Waals surface area (Å²) >= 11 is 0. The predicted molar refractivity (Wildman–Crippen MR) is 67.6 cm³/mol. The molecule has 16 heavy (non-hydrogen) atoms. The van der Waals surface area contributed by atoms with Crippen LogP contribution < -0.4 is 5.32 Å². The number of unbranched alkanes of at least 4 members (excludes halogenated alkanes) is 2. The minimum atomic E-state index is 0.670. The number of pyridine rings is 1. The second kappa shape index (κ2) is 8.11. The Bertz CT molecular complexity index is 272. The monoisotopic (exact) mass is 222 g/mol. The van der Waals surface area contributed by atoms with Crippen molar-refractivity contribution in [2.75, 3.05) is 18.5 Å². The zero-order chi connectivity index (χ0) is 11.6. The molecule has 0 saturated heterocycles. The summed E-state index contributed by atoms with van der Waals surface area (Å²) in [6, 6.07) is 4.05. The van der Waals surface area contributed by atoms with Crippen molar-refractivity contribution in [3.05, 3.63) is 23.9 Å². The van der Waals surface area contributed by atoms with Crippen molar-refractivity contribution >= 4 is 5.82 Å². The molecule has 0 unspecified atom stereocenters. The highest BCUT2D eigenvalue weighted by Crippen LogP contribution is 2.06. The van der Waals surface area contributed by atoms with Crippen molar-refractivity contribution in [1.29, 1.82) is 0 Å². The van der Waals surface area contributed by atoms with Gasteiger partial charge in [0.25, 0.3) is 0 Å². The smallest absolute Gasteiger partial charge is 0.125 e. The van der Waals surface area contributed by atoms with Crippen molar-refractivity contribution < 1.29 is 4.74 Å². The van der Waals surface area contributed by atoms with E-state index in [-0.39, 0.29) is 0 Å². The maximum atomic E-state index is 5.56. The fourth-order valence-electron chi connectivity index (χ4n) is 1.44. The topological polar surface area (TPSA) is 34.1 Å². The minimum absolute atomic E-state index is 0.670. The molecule has 0 fully saturated rings. The first-order valence-corrected chi connectivity index (χ1v) is 6.13. The van der Waals surface area contributed by atoms with E-state index < -0.39 is 0 Å². The van der Waals surface area contributed by atoms with Gasteiger partial charge in [-0.3, -0.25) is 0 Å². The molecule has 1 aromatic heterocycles. The van der Waals surface area contributed by atoms with Crippen LogP contribution in [0.5, 0.6) is 0 Å². The van der Waals surface area contributed by atoms with Gasteiger partial charge >= 0.3 is 0 Å². The summed E-state index contributed by atoms with van der Waals surface area (Å²) in [5.74, 6) is 0.928. The standard InChI is InChI=1S/C13H22N2O/c1-3-5-6-9-16-11-12-7-8-13(14-4-2)15-10-12/h7-8,10H,3-6,9,11H2,1-2H3,(H,14,15). The molecule has 0 saturated carbocycles. The molecule has 0 aromatic carbocycles. The fourth-order valence-corrected chi connectivity index (χ4v) is 1.44. The third-order valence-corrected chi connectivity index (χ3v) is 2.34. The summed E-state index contributed by atoms with van der Waals surface area (Å²) in [7, 11) is 0. The molecule has 0 spiro atoms. The molecule has 1 heterocycles. The Morgan fingerprint density at radius 1 is 1.25 bits per heavy atom. The summed E-state index contributed by atoms with van der Waals surface area (Å²) in [5, 5.41) is 3.17. The Labute approximate surface area is 98.2 Å². The number of ether oxygens (including phenoxy) is 1. The molecule has 0 atom stereocenters. The number of hydrogen-bond donors (Lipinski definition) is 1. The molecule has 0 aliphatic heterocycles.